The number of sulfonamides is 1. The van der Waals surface area contributed by atoms with E-state index in [1.165, 1.54) is 24.6 Å². The molecule has 1 aromatic carbocycles. The van der Waals surface area contributed by atoms with Crippen LogP contribution in [0.5, 0.6) is 0 Å². The number of nitrogens with zero attached hydrogens (tertiary/aromatic N) is 4. The lowest BCUT2D eigenvalue weighted by molar-refractivity contribution is -0.113. The van der Waals surface area contributed by atoms with Crippen LogP contribution in [0.2, 0.25) is 0 Å². The fourth-order valence-electron chi connectivity index (χ4n) is 4.39. The normalized spacial score (nSPS) is 19.9. The Labute approximate surface area is 199 Å². The Balaban J connectivity index is 1.26. The van der Waals surface area contributed by atoms with Crippen LogP contribution >= 0.6 is 11.8 Å². The van der Waals surface area contributed by atoms with E-state index < -0.39 is 10.0 Å². The minimum Gasteiger partial charge on any atom is -0.325 e. The summed E-state index contributed by atoms with van der Waals surface area (Å²) in [6.45, 7) is 2.91. The van der Waals surface area contributed by atoms with E-state index in [-0.39, 0.29) is 16.6 Å². The first-order valence-electron chi connectivity index (χ1n) is 11.9. The number of rotatable bonds is 8. The maximum Gasteiger partial charge on any atom is 0.243 e. The second kappa shape index (κ2) is 9.38. The molecule has 3 aliphatic rings. The Kier molecular flexibility index (Phi) is 6.50. The first-order valence-corrected chi connectivity index (χ1v) is 14.3. The van der Waals surface area contributed by atoms with Gasteiger partial charge < -0.3 is 9.88 Å². The first kappa shape index (κ1) is 22.9. The monoisotopic (exact) mass is 489 g/mol. The average Bonchev–Trinajstić information content (AvgIpc) is 3.69. The van der Waals surface area contributed by atoms with Crippen LogP contribution in [0.15, 0.2) is 28.3 Å². The second-order valence-corrected chi connectivity index (χ2v) is 12.2. The summed E-state index contributed by atoms with van der Waals surface area (Å²) in [6, 6.07) is 5.59. The molecule has 33 heavy (non-hydrogen) atoms. The third-order valence-corrected chi connectivity index (χ3v) is 9.52. The van der Waals surface area contributed by atoms with Gasteiger partial charge in [0.1, 0.15) is 5.82 Å². The van der Waals surface area contributed by atoms with E-state index in [1.54, 1.807) is 29.4 Å². The third kappa shape index (κ3) is 5.12. The van der Waals surface area contributed by atoms with Gasteiger partial charge in [0.15, 0.2) is 5.16 Å². The van der Waals surface area contributed by atoms with Crippen molar-refractivity contribution in [3.63, 3.8) is 0 Å². The minimum atomic E-state index is -3.58. The summed E-state index contributed by atoms with van der Waals surface area (Å²) in [4.78, 5) is 13.0. The molecule has 0 atom stereocenters. The minimum absolute atomic E-state index is 0.180. The van der Waals surface area contributed by atoms with Crippen LogP contribution in [0.25, 0.3) is 0 Å². The van der Waals surface area contributed by atoms with Crippen LogP contribution in [0, 0.1) is 6.92 Å². The van der Waals surface area contributed by atoms with Crippen molar-refractivity contribution in [1.82, 2.24) is 19.1 Å². The fourth-order valence-corrected chi connectivity index (χ4v) is 6.97. The number of anilines is 1. The molecular weight excluding hydrogens is 458 g/mol. The molecule has 0 radical (unpaired) electrons. The molecule has 1 amide bonds. The third-order valence-electron chi connectivity index (χ3n) is 6.53. The van der Waals surface area contributed by atoms with Gasteiger partial charge in [-0.15, -0.1) is 10.2 Å². The number of carbonyl (C=O) groups excluding carboxylic acids is 1. The topological polar surface area (TPSA) is 97.2 Å². The summed E-state index contributed by atoms with van der Waals surface area (Å²) in [5, 5.41) is 12.4. The molecule has 2 heterocycles. The van der Waals surface area contributed by atoms with Crippen molar-refractivity contribution in [2.45, 2.75) is 80.3 Å². The molecule has 1 aromatic heterocycles. The highest BCUT2D eigenvalue weighted by Gasteiger charge is 2.36. The summed E-state index contributed by atoms with van der Waals surface area (Å²) in [5.41, 5.74) is 1.19. The Morgan fingerprint density at radius 3 is 2.48 bits per heavy atom. The fraction of sp³-hybridized carbons (Fsp3) is 0.609. The Morgan fingerprint density at radius 1 is 1.09 bits per heavy atom. The molecule has 1 N–H and O–H groups in total. The predicted octanol–water partition coefficient (Wildman–Crippen LogP) is 4.09. The molecule has 10 heteroatoms. The number of benzene rings is 1. The zero-order chi connectivity index (χ0) is 23.0. The molecule has 0 spiro atoms. The molecule has 2 aliphatic carbocycles. The highest BCUT2D eigenvalue weighted by atomic mass is 32.2. The lowest BCUT2D eigenvalue weighted by Gasteiger charge is -2.21. The van der Waals surface area contributed by atoms with Gasteiger partial charge in [-0.25, -0.2) is 8.42 Å². The molecule has 0 bridgehead atoms. The lowest BCUT2D eigenvalue weighted by Crippen LogP contribution is -2.32. The van der Waals surface area contributed by atoms with Crippen molar-refractivity contribution in [2.24, 2.45) is 0 Å². The number of aryl methyl sites for hydroxylation is 1. The van der Waals surface area contributed by atoms with Gasteiger partial charge in [0, 0.05) is 30.7 Å². The van der Waals surface area contributed by atoms with Gasteiger partial charge in [0.2, 0.25) is 15.9 Å². The molecule has 0 unspecified atom stereocenters. The van der Waals surface area contributed by atoms with E-state index >= 15 is 0 Å². The Bertz CT molecular complexity index is 1130. The van der Waals surface area contributed by atoms with Crippen molar-refractivity contribution >= 4 is 33.4 Å². The zero-order valence-corrected chi connectivity index (χ0v) is 20.6. The maximum atomic E-state index is 13.3. The number of hydrogen-bond donors (Lipinski definition) is 1. The maximum absolute atomic E-state index is 13.3. The summed E-state index contributed by atoms with van der Waals surface area (Å²) >= 11 is 1.40. The van der Waals surface area contributed by atoms with Crippen molar-refractivity contribution in [3.05, 3.63) is 29.6 Å². The van der Waals surface area contributed by atoms with Gasteiger partial charge >= 0.3 is 0 Å². The van der Waals surface area contributed by atoms with E-state index in [1.807, 2.05) is 0 Å². The molecular formula is C23H31N5O3S2. The van der Waals surface area contributed by atoms with E-state index in [4.69, 9.17) is 0 Å². The summed E-state index contributed by atoms with van der Waals surface area (Å²) < 4.78 is 30.4. The van der Waals surface area contributed by atoms with Crippen molar-refractivity contribution < 1.29 is 13.2 Å². The Morgan fingerprint density at radius 2 is 1.82 bits per heavy atom. The summed E-state index contributed by atoms with van der Waals surface area (Å²) in [7, 11) is -3.58. The van der Waals surface area contributed by atoms with Crippen LogP contribution in [-0.4, -0.2) is 52.2 Å². The van der Waals surface area contributed by atoms with Gasteiger partial charge in [-0.2, -0.15) is 4.31 Å². The highest BCUT2D eigenvalue weighted by Crippen LogP contribution is 2.46. The van der Waals surface area contributed by atoms with Crippen LogP contribution in [0.3, 0.4) is 0 Å². The van der Waals surface area contributed by atoms with E-state index in [0.717, 1.165) is 49.5 Å². The van der Waals surface area contributed by atoms with Crippen LogP contribution in [0.1, 0.15) is 74.7 Å². The zero-order valence-electron chi connectivity index (χ0n) is 19.0. The predicted molar refractivity (Wildman–Crippen MR) is 128 cm³/mol. The molecule has 8 nitrogen and oxygen atoms in total. The van der Waals surface area contributed by atoms with Gasteiger partial charge in [0.05, 0.1) is 10.6 Å². The smallest absolute Gasteiger partial charge is 0.243 e. The van der Waals surface area contributed by atoms with Crippen LogP contribution in [-0.2, 0) is 14.8 Å². The molecule has 178 valence electrons. The van der Waals surface area contributed by atoms with Gasteiger partial charge in [-0.05, 0) is 63.1 Å². The lowest BCUT2D eigenvalue weighted by atomic mass is 10.2. The number of nitrogens with one attached hydrogen (secondary N) is 1. The van der Waals surface area contributed by atoms with Gasteiger partial charge in [-0.1, -0.05) is 30.7 Å². The van der Waals surface area contributed by atoms with Gasteiger partial charge in [-0.3, -0.25) is 4.79 Å². The first-order chi connectivity index (χ1) is 15.9. The standard InChI is InChI=1S/C23H31N5O3S2/c1-16-6-9-18(14-20(16)33(30,31)27-12-4-2-3-5-13-27)24-21(29)15-32-23-26-25-22(17-7-8-17)28(23)19-10-11-19/h6,9,14,17,19H,2-5,7-8,10-13,15H2,1H3,(H,24,29). The molecule has 1 saturated heterocycles. The van der Waals surface area contributed by atoms with Crippen molar-refractivity contribution in [1.29, 1.82) is 0 Å². The number of carbonyl (C=O) groups is 1. The van der Waals surface area contributed by atoms with Crippen molar-refractivity contribution in [2.75, 3.05) is 24.2 Å². The second-order valence-electron chi connectivity index (χ2n) is 9.35. The van der Waals surface area contributed by atoms with Crippen LogP contribution < -0.4 is 5.32 Å². The largest absolute Gasteiger partial charge is 0.325 e. The number of amides is 1. The van der Waals surface area contributed by atoms with E-state index in [0.29, 0.717) is 36.3 Å². The molecule has 2 saturated carbocycles. The summed E-state index contributed by atoms with van der Waals surface area (Å²) in [6.07, 6.45) is 8.55. The van der Waals surface area contributed by atoms with Crippen molar-refractivity contribution in [3.8, 4) is 0 Å². The number of aromatic nitrogens is 3. The van der Waals surface area contributed by atoms with E-state index in [9.17, 15) is 13.2 Å². The molecule has 3 fully saturated rings. The molecule has 5 rings (SSSR count). The highest BCUT2D eigenvalue weighted by molar-refractivity contribution is 7.99. The number of hydrogen-bond acceptors (Lipinski definition) is 6. The van der Waals surface area contributed by atoms with E-state index in [2.05, 4.69) is 20.1 Å². The number of thioether (sulfide) groups is 1. The quantitative estimate of drug-likeness (QED) is 0.561. The van der Waals surface area contributed by atoms with Gasteiger partial charge in [0.25, 0.3) is 0 Å². The SMILES string of the molecule is Cc1ccc(NC(=O)CSc2nnc(C3CC3)n2C2CC2)cc1S(=O)(=O)N1CCCCCC1. The Hall–Kier alpha value is -1.91. The van der Waals surface area contributed by atoms with Crippen LogP contribution in [0.4, 0.5) is 5.69 Å². The average molecular weight is 490 g/mol. The molecule has 1 aliphatic heterocycles. The summed E-state index contributed by atoms with van der Waals surface area (Å²) in [5.74, 6) is 1.62. The molecule has 2 aromatic rings.